The zero-order valence-corrected chi connectivity index (χ0v) is 15.4. The van der Waals surface area contributed by atoms with Crippen LogP contribution in [0.15, 0.2) is 6.33 Å². The number of aliphatic hydroxyl groups excluding tert-OH is 1. The van der Waals surface area contributed by atoms with Crippen molar-refractivity contribution in [2.45, 2.75) is 44.2 Å². The zero-order chi connectivity index (χ0) is 20.6. The summed E-state index contributed by atoms with van der Waals surface area (Å²) in [4.78, 5) is 23.2. The summed E-state index contributed by atoms with van der Waals surface area (Å²) in [7, 11) is 0. The van der Waals surface area contributed by atoms with Crippen LogP contribution in [-0.4, -0.2) is 54.9 Å². The molecule has 5 N–H and O–H groups in total. The predicted octanol–water partition coefficient (Wildman–Crippen LogP) is -0.274. The fourth-order valence-electron chi connectivity index (χ4n) is 2.89. The molecule has 150 valence electrons. The Morgan fingerprint density at radius 1 is 1.61 bits per heavy atom. The summed E-state index contributed by atoms with van der Waals surface area (Å²) in [5.74, 6) is 1.45. The van der Waals surface area contributed by atoms with Crippen molar-refractivity contribution in [3.05, 3.63) is 12.4 Å². The first-order chi connectivity index (χ1) is 13.2. The average Bonchev–Trinajstić information content (AvgIpc) is 3.20. The first kappa shape index (κ1) is 19.9. The van der Waals surface area contributed by atoms with Gasteiger partial charge in [0.15, 0.2) is 22.6 Å². The Morgan fingerprint density at radius 3 is 2.96 bits per heavy atom. The third-order valence-electron chi connectivity index (χ3n) is 4.70. The first-order valence-corrected chi connectivity index (χ1v) is 8.60. The van der Waals surface area contributed by atoms with E-state index >= 15 is 0 Å². The third-order valence-corrected chi connectivity index (χ3v) is 4.70. The highest BCUT2D eigenvalue weighted by Crippen LogP contribution is 2.38. The van der Waals surface area contributed by atoms with Crippen LogP contribution in [-0.2, 0) is 14.3 Å². The number of nitrogens with two attached hydrogens (primary N) is 2. The second kappa shape index (κ2) is 7.31. The van der Waals surface area contributed by atoms with Gasteiger partial charge < -0.3 is 26.0 Å². The molecule has 0 aromatic carbocycles. The molecule has 2 aromatic heterocycles. The number of hydrogen-bond acceptors (Lipinski definition) is 9. The molecule has 3 heterocycles. The van der Waals surface area contributed by atoms with Crippen LogP contribution in [0.3, 0.4) is 0 Å². The number of imidazole rings is 1. The standard InChI is InChI=1S/C17H21FN6O4/c1-4-17(6-27-15(26)11(19)8(2)3)9(25)5-10(28-17)24-7-21-12-13(20)22-16(18)23-14(12)24/h1,7-11,25H,5-6,19H2,2-3H3,(H2,20,22,23)/t9-,10+,11+,17+/m0/s1. The van der Waals surface area contributed by atoms with E-state index in [1.54, 1.807) is 13.8 Å². The van der Waals surface area contributed by atoms with Crippen molar-refractivity contribution in [3.8, 4) is 12.3 Å². The number of nitrogen functional groups attached to an aromatic ring is 1. The highest BCUT2D eigenvalue weighted by molar-refractivity contribution is 5.81. The van der Waals surface area contributed by atoms with E-state index in [2.05, 4.69) is 20.9 Å². The maximum Gasteiger partial charge on any atom is 0.323 e. The lowest BCUT2D eigenvalue weighted by Crippen LogP contribution is -2.46. The molecular weight excluding hydrogens is 371 g/mol. The fourth-order valence-corrected chi connectivity index (χ4v) is 2.89. The van der Waals surface area contributed by atoms with Crippen molar-refractivity contribution < 1.29 is 23.8 Å². The molecule has 1 fully saturated rings. The van der Waals surface area contributed by atoms with Crippen LogP contribution in [0.4, 0.5) is 10.2 Å². The van der Waals surface area contributed by atoms with Gasteiger partial charge in [0.05, 0.1) is 6.33 Å². The number of ether oxygens (including phenoxy) is 2. The molecule has 4 atom stereocenters. The molecule has 0 amide bonds. The van der Waals surface area contributed by atoms with Crippen molar-refractivity contribution in [1.29, 1.82) is 0 Å². The lowest BCUT2D eigenvalue weighted by Gasteiger charge is -2.27. The Hall–Kier alpha value is -2.81. The monoisotopic (exact) mass is 392 g/mol. The molecule has 0 radical (unpaired) electrons. The minimum Gasteiger partial charge on any atom is -0.460 e. The topological polar surface area (TPSA) is 151 Å². The van der Waals surface area contributed by atoms with Gasteiger partial charge in [0, 0.05) is 6.42 Å². The minimum atomic E-state index is -1.59. The van der Waals surface area contributed by atoms with Gasteiger partial charge in [-0.3, -0.25) is 9.36 Å². The number of aliphatic hydroxyl groups is 1. The summed E-state index contributed by atoms with van der Waals surface area (Å²) in [5, 5.41) is 10.5. The second-order valence-electron chi connectivity index (χ2n) is 6.94. The van der Waals surface area contributed by atoms with Crippen LogP contribution in [0.1, 0.15) is 26.5 Å². The molecule has 0 aliphatic carbocycles. The molecule has 0 unspecified atom stereocenters. The smallest absolute Gasteiger partial charge is 0.323 e. The molecule has 0 saturated carbocycles. The van der Waals surface area contributed by atoms with E-state index in [1.165, 1.54) is 10.9 Å². The summed E-state index contributed by atoms with van der Waals surface area (Å²) >= 11 is 0. The molecule has 3 rings (SSSR count). The maximum absolute atomic E-state index is 13.6. The van der Waals surface area contributed by atoms with E-state index in [0.29, 0.717) is 0 Å². The van der Waals surface area contributed by atoms with Gasteiger partial charge in [0.1, 0.15) is 25.0 Å². The highest BCUT2D eigenvalue weighted by atomic mass is 19.1. The third kappa shape index (κ3) is 3.37. The van der Waals surface area contributed by atoms with E-state index in [4.69, 9.17) is 27.4 Å². The number of hydrogen-bond donors (Lipinski definition) is 3. The molecule has 28 heavy (non-hydrogen) atoms. The number of rotatable bonds is 5. The van der Waals surface area contributed by atoms with Crippen LogP contribution in [0, 0.1) is 24.3 Å². The van der Waals surface area contributed by atoms with Crippen LogP contribution < -0.4 is 11.5 Å². The van der Waals surface area contributed by atoms with Crippen LogP contribution in [0.25, 0.3) is 11.2 Å². The van der Waals surface area contributed by atoms with Crippen molar-refractivity contribution in [2.24, 2.45) is 11.7 Å². The molecule has 1 aliphatic rings. The minimum absolute atomic E-state index is 0.0367. The van der Waals surface area contributed by atoms with Gasteiger partial charge >= 0.3 is 12.0 Å². The lowest BCUT2D eigenvalue weighted by atomic mass is 9.98. The van der Waals surface area contributed by atoms with Crippen molar-refractivity contribution in [1.82, 2.24) is 19.5 Å². The van der Waals surface area contributed by atoms with Gasteiger partial charge in [-0.05, 0) is 5.92 Å². The van der Waals surface area contributed by atoms with Crippen molar-refractivity contribution in [3.63, 3.8) is 0 Å². The molecule has 2 aromatic rings. The van der Waals surface area contributed by atoms with Crippen LogP contribution in [0.2, 0.25) is 0 Å². The second-order valence-corrected chi connectivity index (χ2v) is 6.94. The number of anilines is 1. The molecule has 10 nitrogen and oxygen atoms in total. The van der Waals surface area contributed by atoms with Crippen LogP contribution >= 0.6 is 0 Å². The zero-order valence-electron chi connectivity index (χ0n) is 15.4. The quantitative estimate of drug-likeness (QED) is 0.354. The van der Waals surface area contributed by atoms with E-state index in [1.807, 2.05) is 0 Å². The number of esters is 1. The Balaban J connectivity index is 1.83. The van der Waals surface area contributed by atoms with Crippen LogP contribution in [0.5, 0.6) is 0 Å². The predicted molar refractivity (Wildman–Crippen MR) is 95.8 cm³/mol. The number of aromatic nitrogens is 4. The van der Waals surface area contributed by atoms with Gasteiger partial charge in [-0.1, -0.05) is 19.8 Å². The number of halogens is 1. The highest BCUT2D eigenvalue weighted by Gasteiger charge is 2.49. The average molecular weight is 392 g/mol. The van der Waals surface area contributed by atoms with E-state index < -0.39 is 42.6 Å². The van der Waals surface area contributed by atoms with E-state index in [-0.39, 0.29) is 29.3 Å². The molecule has 11 heteroatoms. The molecular formula is C17H21FN6O4. The Labute approximate surface area is 160 Å². The fraction of sp³-hybridized carbons (Fsp3) is 0.529. The number of carbonyl (C=O) groups excluding carboxylic acids is 1. The van der Waals surface area contributed by atoms with E-state index in [0.717, 1.165) is 0 Å². The van der Waals surface area contributed by atoms with E-state index in [9.17, 15) is 14.3 Å². The largest absolute Gasteiger partial charge is 0.460 e. The number of terminal acetylenes is 1. The molecule has 0 bridgehead atoms. The van der Waals surface area contributed by atoms with Gasteiger partial charge in [-0.2, -0.15) is 14.4 Å². The van der Waals surface area contributed by atoms with Crippen molar-refractivity contribution in [2.75, 3.05) is 12.3 Å². The molecule has 1 saturated heterocycles. The van der Waals surface area contributed by atoms with Gasteiger partial charge in [-0.25, -0.2) is 4.98 Å². The van der Waals surface area contributed by atoms with Gasteiger partial charge in [0.25, 0.3) is 0 Å². The summed E-state index contributed by atoms with van der Waals surface area (Å²) < 4.78 is 26.0. The summed E-state index contributed by atoms with van der Waals surface area (Å²) in [5.41, 5.74) is 10.1. The van der Waals surface area contributed by atoms with Crippen molar-refractivity contribution >= 4 is 23.0 Å². The Morgan fingerprint density at radius 2 is 2.32 bits per heavy atom. The Bertz CT molecular complexity index is 942. The summed E-state index contributed by atoms with van der Waals surface area (Å²) in [6.45, 7) is 3.16. The van der Waals surface area contributed by atoms with Gasteiger partial charge in [-0.15, -0.1) is 6.42 Å². The summed E-state index contributed by atoms with van der Waals surface area (Å²) in [6, 6.07) is -0.829. The first-order valence-electron chi connectivity index (χ1n) is 8.60. The Kier molecular flexibility index (Phi) is 5.20. The molecule has 1 aliphatic heterocycles. The maximum atomic E-state index is 13.6. The number of fused-ring (bicyclic) bond motifs is 1. The number of nitrogens with zero attached hydrogens (tertiary/aromatic N) is 4. The van der Waals surface area contributed by atoms with Gasteiger partial charge in [0.2, 0.25) is 0 Å². The molecule has 0 spiro atoms. The SMILES string of the molecule is C#C[C@]1(COC(=O)[C@H](N)C(C)C)O[C@@H](n2cnc3c(N)nc(F)nc32)C[C@@H]1O. The normalized spacial score (nSPS) is 25.8. The lowest BCUT2D eigenvalue weighted by molar-refractivity contribution is -0.158. The number of carbonyl (C=O) groups is 1. The summed E-state index contributed by atoms with van der Waals surface area (Å²) in [6.07, 6.45) is 3.93.